The summed E-state index contributed by atoms with van der Waals surface area (Å²) in [5.74, 6) is 0.0538. The number of amides is 1. The Hall–Kier alpha value is -1.31. The average Bonchev–Trinajstić information content (AvgIpc) is 2.44. The molecule has 0 unspecified atom stereocenters. The molecule has 0 heterocycles. The minimum Gasteiger partial charge on any atom is -0.448 e. The van der Waals surface area contributed by atoms with E-state index in [4.69, 9.17) is 10.5 Å². The maximum Gasteiger partial charge on any atom is 0.406 e. The van der Waals surface area contributed by atoms with E-state index >= 15 is 0 Å². The highest BCUT2D eigenvalue weighted by atomic mass is 35.5. The summed E-state index contributed by atoms with van der Waals surface area (Å²) in [6.07, 6.45) is -0.555. The number of nitrogens with two attached hydrogens (primary N) is 1. The van der Waals surface area contributed by atoms with E-state index in [0.29, 0.717) is 5.56 Å². The van der Waals surface area contributed by atoms with Crippen LogP contribution in [0.15, 0.2) is 29.2 Å². The second-order valence-electron chi connectivity index (χ2n) is 3.93. The van der Waals surface area contributed by atoms with Crippen molar-refractivity contribution in [2.24, 2.45) is 5.73 Å². The Morgan fingerprint density at radius 3 is 2.35 bits per heavy atom. The van der Waals surface area contributed by atoms with Gasteiger partial charge in [-0.3, -0.25) is 0 Å². The fourth-order valence-corrected chi connectivity index (χ4v) is 2.31. The Morgan fingerprint density at radius 2 is 1.90 bits per heavy atom. The second kappa shape index (κ2) is 8.08. The lowest BCUT2D eigenvalue weighted by molar-refractivity contribution is 0.141. The summed E-state index contributed by atoms with van der Waals surface area (Å²) in [4.78, 5) is 11.2. The number of sulfone groups is 1. The monoisotopic (exact) mass is 322 g/mol. The lowest BCUT2D eigenvalue weighted by Crippen LogP contribution is -2.25. The lowest BCUT2D eigenvalue weighted by atomic mass is 10.1. The molecule has 1 aromatic rings. The van der Waals surface area contributed by atoms with Gasteiger partial charge in [0.05, 0.1) is 16.7 Å². The zero-order valence-corrected chi connectivity index (χ0v) is 13.0. The summed E-state index contributed by atoms with van der Waals surface area (Å²) in [6.45, 7) is 1.62. The topological polar surface area (TPSA) is 98.5 Å². The van der Waals surface area contributed by atoms with Gasteiger partial charge in [0.25, 0.3) is 0 Å². The highest BCUT2D eigenvalue weighted by Gasteiger charge is 2.13. The predicted octanol–water partition coefficient (Wildman–Crippen LogP) is 1.26. The van der Waals surface area contributed by atoms with E-state index < -0.39 is 22.0 Å². The summed E-state index contributed by atoms with van der Waals surface area (Å²) >= 11 is 0. The Balaban J connectivity index is 0.00000361. The van der Waals surface area contributed by atoms with Crippen molar-refractivity contribution in [3.8, 4) is 0 Å². The second-order valence-corrected chi connectivity index (χ2v) is 6.21. The van der Waals surface area contributed by atoms with Crippen molar-refractivity contribution in [2.75, 3.05) is 19.4 Å². The number of nitrogens with one attached hydrogen (secondary N) is 1. The van der Waals surface area contributed by atoms with Crippen molar-refractivity contribution >= 4 is 28.3 Å². The van der Waals surface area contributed by atoms with Crippen LogP contribution >= 0.6 is 12.4 Å². The number of carbonyl (C=O) groups excluding carboxylic acids is 1. The molecule has 0 radical (unpaired) electrons. The quantitative estimate of drug-likeness (QED) is 0.850. The van der Waals surface area contributed by atoms with Crippen LogP contribution in [0.5, 0.6) is 0 Å². The van der Waals surface area contributed by atoms with Crippen LogP contribution in [0.3, 0.4) is 0 Å². The number of hydrogen-bond acceptors (Lipinski definition) is 5. The largest absolute Gasteiger partial charge is 0.448 e. The number of benzene rings is 1. The van der Waals surface area contributed by atoms with Crippen molar-refractivity contribution in [3.63, 3.8) is 0 Å². The summed E-state index contributed by atoms with van der Waals surface area (Å²) in [7, 11) is -1.75. The van der Waals surface area contributed by atoms with Crippen molar-refractivity contribution in [1.29, 1.82) is 0 Å². The van der Waals surface area contributed by atoms with Crippen molar-refractivity contribution in [3.05, 3.63) is 29.8 Å². The standard InChI is InChI=1S/C12H18N2O4S.ClH/c1-3-19(16,17)10-6-4-9(5-7-10)11(13)8-18-12(15)14-2;/h4-7,11H,3,8,13H2,1-2H3,(H,14,15);1H/t11-;/m0./s1. The van der Waals surface area contributed by atoms with Gasteiger partial charge in [0.15, 0.2) is 9.84 Å². The van der Waals surface area contributed by atoms with Gasteiger partial charge in [-0.1, -0.05) is 19.1 Å². The SMILES string of the molecule is CCS(=O)(=O)c1ccc([C@@H](N)COC(=O)NC)cc1.Cl. The van der Waals surface area contributed by atoms with Gasteiger partial charge in [-0.15, -0.1) is 12.4 Å². The first-order chi connectivity index (χ1) is 8.90. The molecule has 0 fully saturated rings. The first kappa shape index (κ1) is 18.7. The van der Waals surface area contributed by atoms with Crippen LogP contribution in [0.4, 0.5) is 4.79 Å². The Labute approximate surface area is 125 Å². The highest BCUT2D eigenvalue weighted by molar-refractivity contribution is 7.91. The van der Waals surface area contributed by atoms with Crippen LogP contribution in [-0.4, -0.2) is 33.9 Å². The van der Waals surface area contributed by atoms with Gasteiger partial charge in [0.2, 0.25) is 0 Å². The van der Waals surface area contributed by atoms with E-state index in [9.17, 15) is 13.2 Å². The number of halogens is 1. The van der Waals surface area contributed by atoms with Gasteiger partial charge in [-0.2, -0.15) is 0 Å². The fraction of sp³-hybridized carbons (Fsp3) is 0.417. The number of alkyl carbamates (subject to hydrolysis) is 1. The molecule has 0 saturated heterocycles. The zero-order valence-electron chi connectivity index (χ0n) is 11.3. The Bertz CT molecular complexity index is 531. The normalized spacial score (nSPS) is 12.2. The highest BCUT2D eigenvalue weighted by Crippen LogP contribution is 2.16. The molecular formula is C12H19ClN2O4S. The first-order valence-electron chi connectivity index (χ1n) is 5.83. The summed E-state index contributed by atoms with van der Waals surface area (Å²) in [6, 6.07) is 5.78. The molecule has 0 aliphatic rings. The van der Waals surface area contributed by atoms with Crippen LogP contribution < -0.4 is 11.1 Å². The Morgan fingerprint density at radius 1 is 1.35 bits per heavy atom. The van der Waals surface area contributed by atoms with Gasteiger partial charge in [-0.05, 0) is 17.7 Å². The van der Waals surface area contributed by atoms with Crippen LogP contribution in [0, 0.1) is 0 Å². The van der Waals surface area contributed by atoms with Gasteiger partial charge < -0.3 is 15.8 Å². The van der Waals surface area contributed by atoms with E-state index in [1.165, 1.54) is 19.2 Å². The van der Waals surface area contributed by atoms with Crippen molar-refractivity contribution < 1.29 is 17.9 Å². The van der Waals surface area contributed by atoms with Gasteiger partial charge in [-0.25, -0.2) is 13.2 Å². The summed E-state index contributed by atoms with van der Waals surface area (Å²) < 4.78 is 28.1. The molecule has 0 aliphatic carbocycles. The zero-order chi connectivity index (χ0) is 14.5. The van der Waals surface area contributed by atoms with Crippen LogP contribution in [0.1, 0.15) is 18.5 Å². The third-order valence-electron chi connectivity index (χ3n) is 2.65. The lowest BCUT2D eigenvalue weighted by Gasteiger charge is -2.13. The number of hydrogen-bond donors (Lipinski definition) is 2. The van der Waals surface area contributed by atoms with Gasteiger partial charge >= 0.3 is 6.09 Å². The molecule has 0 saturated carbocycles. The molecule has 20 heavy (non-hydrogen) atoms. The first-order valence-corrected chi connectivity index (χ1v) is 7.48. The van der Waals surface area contributed by atoms with Crippen LogP contribution in [-0.2, 0) is 14.6 Å². The molecule has 0 spiro atoms. The molecule has 1 amide bonds. The van der Waals surface area contributed by atoms with Crippen LogP contribution in [0.2, 0.25) is 0 Å². The number of ether oxygens (including phenoxy) is 1. The summed E-state index contributed by atoms with van der Waals surface area (Å²) in [5.41, 5.74) is 6.54. The third-order valence-corrected chi connectivity index (χ3v) is 4.40. The van der Waals surface area contributed by atoms with E-state index in [1.807, 2.05) is 0 Å². The molecule has 0 aliphatic heterocycles. The predicted molar refractivity (Wildman–Crippen MR) is 78.8 cm³/mol. The molecule has 1 atom stereocenters. The molecule has 0 bridgehead atoms. The molecule has 0 aromatic heterocycles. The summed E-state index contributed by atoms with van der Waals surface area (Å²) in [5, 5.41) is 2.31. The van der Waals surface area contributed by atoms with Gasteiger partial charge in [0.1, 0.15) is 6.61 Å². The maximum atomic E-state index is 11.6. The fourth-order valence-electron chi connectivity index (χ4n) is 1.42. The van der Waals surface area contributed by atoms with Gasteiger partial charge in [0, 0.05) is 7.05 Å². The Kier molecular flexibility index (Phi) is 7.55. The molecule has 1 aromatic carbocycles. The maximum absolute atomic E-state index is 11.6. The molecule has 3 N–H and O–H groups in total. The molecule has 8 heteroatoms. The van der Waals surface area contributed by atoms with E-state index in [-0.39, 0.29) is 29.7 Å². The van der Waals surface area contributed by atoms with E-state index in [1.54, 1.807) is 19.1 Å². The molecule has 6 nitrogen and oxygen atoms in total. The smallest absolute Gasteiger partial charge is 0.406 e. The van der Waals surface area contributed by atoms with Crippen molar-refractivity contribution in [1.82, 2.24) is 5.32 Å². The third kappa shape index (κ3) is 4.99. The molecule has 1 rings (SSSR count). The average molecular weight is 323 g/mol. The van der Waals surface area contributed by atoms with Crippen molar-refractivity contribution in [2.45, 2.75) is 17.9 Å². The van der Waals surface area contributed by atoms with E-state index in [0.717, 1.165) is 0 Å². The molecule has 114 valence electrons. The minimum atomic E-state index is -3.21. The number of rotatable bonds is 5. The van der Waals surface area contributed by atoms with E-state index in [2.05, 4.69) is 5.32 Å². The number of carbonyl (C=O) groups is 1. The molecular weight excluding hydrogens is 304 g/mol. The minimum absolute atomic E-state index is 0. The van der Waals surface area contributed by atoms with Crippen LogP contribution in [0.25, 0.3) is 0 Å².